The molecular weight excluding hydrogens is 202 g/mol. The van der Waals surface area contributed by atoms with Crippen molar-refractivity contribution >= 4 is 5.97 Å². The van der Waals surface area contributed by atoms with E-state index < -0.39 is 12.1 Å². The first kappa shape index (κ1) is 14.3. The number of hydrogen-bond donors (Lipinski definition) is 3. The molecule has 0 aromatic heterocycles. The first-order chi connectivity index (χ1) is 7.10. The third-order valence-corrected chi connectivity index (χ3v) is 1.78. The van der Waals surface area contributed by atoms with Gasteiger partial charge in [-0.05, 0) is 0 Å². The smallest absolute Gasteiger partial charge is 0.302 e. The van der Waals surface area contributed by atoms with E-state index in [-0.39, 0.29) is 26.4 Å². The molecular formula is C9H19NO5. The van der Waals surface area contributed by atoms with Crippen molar-refractivity contribution in [3.8, 4) is 0 Å². The molecule has 0 aromatic carbocycles. The van der Waals surface area contributed by atoms with E-state index in [0.29, 0.717) is 13.1 Å². The molecule has 0 saturated carbocycles. The summed E-state index contributed by atoms with van der Waals surface area (Å²) in [5, 5.41) is 26.8. The highest BCUT2D eigenvalue weighted by atomic mass is 16.5. The van der Waals surface area contributed by atoms with Gasteiger partial charge >= 0.3 is 5.97 Å². The fraction of sp³-hybridized carbons (Fsp3) is 0.889. The molecule has 15 heavy (non-hydrogen) atoms. The van der Waals surface area contributed by atoms with Gasteiger partial charge in [0.2, 0.25) is 0 Å². The van der Waals surface area contributed by atoms with Gasteiger partial charge in [0.05, 0.1) is 13.2 Å². The van der Waals surface area contributed by atoms with Crippen LogP contribution in [0.15, 0.2) is 0 Å². The molecule has 1 atom stereocenters. The lowest BCUT2D eigenvalue weighted by Crippen LogP contribution is -2.38. The van der Waals surface area contributed by atoms with E-state index in [1.807, 2.05) is 0 Å². The van der Waals surface area contributed by atoms with Crippen LogP contribution in [0, 0.1) is 0 Å². The van der Waals surface area contributed by atoms with Crippen molar-refractivity contribution < 1.29 is 24.9 Å². The lowest BCUT2D eigenvalue weighted by molar-refractivity contribution is -0.144. The minimum atomic E-state index is -0.799. The molecule has 6 nitrogen and oxygen atoms in total. The van der Waals surface area contributed by atoms with Crippen LogP contribution in [0.1, 0.15) is 6.92 Å². The van der Waals surface area contributed by atoms with Crippen molar-refractivity contribution in [3.63, 3.8) is 0 Å². The molecule has 0 saturated heterocycles. The molecule has 3 N–H and O–H groups in total. The van der Waals surface area contributed by atoms with Gasteiger partial charge < -0.3 is 20.1 Å². The van der Waals surface area contributed by atoms with E-state index in [1.165, 1.54) is 6.92 Å². The van der Waals surface area contributed by atoms with Crippen LogP contribution in [0.25, 0.3) is 0 Å². The third kappa shape index (κ3) is 8.31. The Kier molecular flexibility index (Phi) is 8.21. The Balaban J connectivity index is 3.76. The van der Waals surface area contributed by atoms with Gasteiger partial charge in [0.15, 0.2) is 0 Å². The minimum absolute atomic E-state index is 0.0414. The molecule has 0 aliphatic carbocycles. The summed E-state index contributed by atoms with van der Waals surface area (Å²) in [5.41, 5.74) is 0. The molecule has 0 amide bonds. The topological polar surface area (TPSA) is 90.2 Å². The first-order valence-electron chi connectivity index (χ1n) is 4.85. The number of rotatable bonds is 8. The van der Waals surface area contributed by atoms with Gasteiger partial charge in [-0.1, -0.05) is 0 Å². The number of carbonyl (C=O) groups is 1. The maximum atomic E-state index is 10.5. The number of esters is 1. The molecule has 1 unspecified atom stereocenters. The van der Waals surface area contributed by atoms with Crippen LogP contribution in [0.2, 0.25) is 0 Å². The average Bonchev–Trinajstić information content (AvgIpc) is 2.15. The average molecular weight is 221 g/mol. The van der Waals surface area contributed by atoms with Gasteiger partial charge in [0, 0.05) is 26.6 Å². The summed E-state index contributed by atoms with van der Waals surface area (Å²) in [4.78, 5) is 12.1. The van der Waals surface area contributed by atoms with Gasteiger partial charge in [-0.25, -0.2) is 0 Å². The Hall–Kier alpha value is -0.690. The minimum Gasteiger partial charge on any atom is -0.463 e. The standard InChI is InChI=1S/C9H19NO5/c1-8(13)15-7-9(14)6-10(2-4-11)3-5-12/h9,11-12,14H,2-7H2,1H3. The van der Waals surface area contributed by atoms with Crippen LogP contribution < -0.4 is 0 Å². The monoisotopic (exact) mass is 221 g/mol. The summed E-state index contributed by atoms with van der Waals surface area (Å²) < 4.78 is 4.62. The first-order valence-corrected chi connectivity index (χ1v) is 4.85. The van der Waals surface area contributed by atoms with Crippen molar-refractivity contribution in [2.75, 3.05) is 39.5 Å². The van der Waals surface area contributed by atoms with Crippen LogP contribution in [0.3, 0.4) is 0 Å². The van der Waals surface area contributed by atoms with E-state index in [1.54, 1.807) is 4.90 Å². The number of aliphatic hydroxyl groups is 3. The van der Waals surface area contributed by atoms with Crippen molar-refractivity contribution in [3.05, 3.63) is 0 Å². The predicted molar refractivity (Wildman–Crippen MR) is 53.3 cm³/mol. The number of hydrogen-bond acceptors (Lipinski definition) is 6. The van der Waals surface area contributed by atoms with Crippen LogP contribution in [0.4, 0.5) is 0 Å². The molecule has 0 aliphatic rings. The molecule has 0 rings (SSSR count). The number of nitrogens with zero attached hydrogens (tertiary/aromatic N) is 1. The fourth-order valence-electron chi connectivity index (χ4n) is 1.14. The van der Waals surface area contributed by atoms with Crippen molar-refractivity contribution in [2.45, 2.75) is 13.0 Å². The molecule has 0 aliphatic heterocycles. The van der Waals surface area contributed by atoms with E-state index in [4.69, 9.17) is 10.2 Å². The Morgan fingerprint density at radius 3 is 2.27 bits per heavy atom. The van der Waals surface area contributed by atoms with Crippen LogP contribution >= 0.6 is 0 Å². The second-order valence-corrected chi connectivity index (χ2v) is 3.20. The zero-order valence-electron chi connectivity index (χ0n) is 8.93. The van der Waals surface area contributed by atoms with Gasteiger partial charge in [-0.3, -0.25) is 9.69 Å². The van der Waals surface area contributed by atoms with E-state index in [2.05, 4.69) is 4.74 Å². The van der Waals surface area contributed by atoms with Gasteiger partial charge in [-0.2, -0.15) is 0 Å². The maximum absolute atomic E-state index is 10.5. The van der Waals surface area contributed by atoms with Crippen LogP contribution in [0.5, 0.6) is 0 Å². The highest BCUT2D eigenvalue weighted by molar-refractivity contribution is 5.65. The zero-order chi connectivity index (χ0) is 11.7. The van der Waals surface area contributed by atoms with Crippen LogP contribution in [-0.4, -0.2) is 71.7 Å². The molecule has 90 valence electrons. The lowest BCUT2D eigenvalue weighted by Gasteiger charge is -2.22. The van der Waals surface area contributed by atoms with Gasteiger partial charge in [0.25, 0.3) is 0 Å². The quantitative estimate of drug-likeness (QED) is 0.419. The Morgan fingerprint density at radius 1 is 1.33 bits per heavy atom. The summed E-state index contributed by atoms with van der Waals surface area (Å²) in [6.07, 6.45) is -0.799. The SMILES string of the molecule is CC(=O)OCC(O)CN(CCO)CCO. The summed E-state index contributed by atoms with van der Waals surface area (Å²) in [6.45, 7) is 2.12. The zero-order valence-corrected chi connectivity index (χ0v) is 8.93. The van der Waals surface area contributed by atoms with E-state index in [9.17, 15) is 9.90 Å². The summed E-state index contributed by atoms with van der Waals surface area (Å²) in [5.74, 6) is -0.440. The second kappa shape index (κ2) is 8.60. The predicted octanol–water partition coefficient (Wildman–Crippen LogP) is -1.80. The lowest BCUT2D eigenvalue weighted by atomic mass is 10.3. The number of ether oxygens (including phenoxy) is 1. The van der Waals surface area contributed by atoms with Crippen molar-refractivity contribution in [2.24, 2.45) is 0 Å². The maximum Gasteiger partial charge on any atom is 0.302 e. The Morgan fingerprint density at radius 2 is 1.87 bits per heavy atom. The highest BCUT2D eigenvalue weighted by Crippen LogP contribution is 1.93. The molecule has 0 radical (unpaired) electrons. The van der Waals surface area contributed by atoms with Gasteiger partial charge in [0.1, 0.15) is 12.7 Å². The number of carbonyl (C=O) groups excluding carboxylic acids is 1. The van der Waals surface area contributed by atoms with Crippen molar-refractivity contribution in [1.82, 2.24) is 4.90 Å². The molecule has 6 heteroatoms. The second-order valence-electron chi connectivity index (χ2n) is 3.20. The molecule has 0 heterocycles. The summed E-state index contributed by atoms with van der Waals surface area (Å²) >= 11 is 0. The highest BCUT2D eigenvalue weighted by Gasteiger charge is 2.12. The van der Waals surface area contributed by atoms with Gasteiger partial charge in [-0.15, -0.1) is 0 Å². The van der Waals surface area contributed by atoms with E-state index in [0.717, 1.165) is 0 Å². The summed E-state index contributed by atoms with van der Waals surface area (Å²) in [7, 11) is 0. The summed E-state index contributed by atoms with van der Waals surface area (Å²) in [6, 6.07) is 0. The van der Waals surface area contributed by atoms with E-state index >= 15 is 0 Å². The Labute approximate surface area is 89.1 Å². The van der Waals surface area contributed by atoms with Crippen molar-refractivity contribution in [1.29, 1.82) is 0 Å². The normalized spacial score (nSPS) is 12.9. The largest absolute Gasteiger partial charge is 0.463 e. The number of aliphatic hydroxyl groups excluding tert-OH is 3. The fourth-order valence-corrected chi connectivity index (χ4v) is 1.14. The molecule has 0 spiro atoms. The van der Waals surface area contributed by atoms with Crippen LogP contribution in [-0.2, 0) is 9.53 Å². The molecule has 0 bridgehead atoms. The third-order valence-electron chi connectivity index (χ3n) is 1.78. The molecule has 0 aromatic rings. The Bertz CT molecular complexity index is 170. The molecule has 0 fully saturated rings.